The molecule has 12 N–H and O–H groups in total. The topological polar surface area (TPSA) is 285 Å². The molecule has 0 aromatic heterocycles. The Morgan fingerprint density at radius 1 is 0.915 bits per heavy atom. The zero-order valence-electron chi connectivity index (χ0n) is 28.3. The van der Waals surface area contributed by atoms with E-state index in [9.17, 15) is 39.0 Å². The van der Waals surface area contributed by atoms with Gasteiger partial charge in [-0.25, -0.2) is 0 Å². The molecule has 0 aromatic carbocycles. The van der Waals surface area contributed by atoms with Crippen LogP contribution >= 0.6 is 0 Å². The van der Waals surface area contributed by atoms with E-state index in [4.69, 9.17) is 17.2 Å². The highest BCUT2D eigenvalue weighted by Gasteiger charge is 2.41. The minimum Gasteiger partial charge on any atom is -0.391 e. The van der Waals surface area contributed by atoms with Crippen molar-refractivity contribution >= 4 is 41.8 Å². The fourth-order valence-electron chi connectivity index (χ4n) is 4.98. The van der Waals surface area contributed by atoms with Crippen molar-refractivity contribution in [2.45, 2.75) is 122 Å². The molecule has 1 rings (SSSR count). The number of nitrogens with one attached hydrogen (secondary N) is 4. The van der Waals surface area contributed by atoms with Crippen LogP contribution in [0.3, 0.4) is 0 Å². The first-order valence-corrected chi connectivity index (χ1v) is 16.1. The van der Waals surface area contributed by atoms with E-state index in [0.29, 0.717) is 19.1 Å². The number of aliphatic hydroxyl groups excluding tert-OH is 2. The third kappa shape index (κ3) is 12.7. The van der Waals surface area contributed by atoms with Crippen molar-refractivity contribution in [1.29, 1.82) is 0 Å². The number of aliphatic imine (C=N–C) groups is 1. The molecule has 17 heteroatoms. The van der Waals surface area contributed by atoms with Crippen LogP contribution in [0.2, 0.25) is 0 Å². The fraction of sp³-hybridized carbons (Fsp3) is 0.767. The van der Waals surface area contributed by atoms with Crippen LogP contribution in [0.5, 0.6) is 0 Å². The van der Waals surface area contributed by atoms with E-state index in [1.165, 1.54) is 18.7 Å². The molecule has 1 saturated heterocycles. The van der Waals surface area contributed by atoms with Crippen LogP contribution < -0.4 is 38.5 Å². The number of hydrogen-bond donors (Lipinski definition) is 9. The van der Waals surface area contributed by atoms with E-state index in [1.54, 1.807) is 13.8 Å². The Morgan fingerprint density at radius 2 is 1.53 bits per heavy atom. The molecule has 1 heterocycles. The number of nitrogens with zero attached hydrogens (tertiary/aromatic N) is 2. The first kappa shape index (κ1) is 41.2. The van der Waals surface area contributed by atoms with Gasteiger partial charge in [0.1, 0.15) is 36.5 Å². The highest BCUT2D eigenvalue weighted by molar-refractivity contribution is 5.96. The summed E-state index contributed by atoms with van der Waals surface area (Å²) in [5.74, 6) is -4.02. The Kier molecular flexibility index (Phi) is 17.3. The van der Waals surface area contributed by atoms with Gasteiger partial charge in [-0.15, -0.1) is 0 Å². The Balaban J connectivity index is 3.14. The van der Waals surface area contributed by atoms with Crippen molar-refractivity contribution in [3.8, 4) is 0 Å². The number of nitrogens with two attached hydrogens (primary N) is 3. The van der Waals surface area contributed by atoms with Gasteiger partial charge in [0.05, 0.1) is 18.2 Å². The summed E-state index contributed by atoms with van der Waals surface area (Å²) in [4.78, 5) is 82.8. The molecule has 0 radical (unpaired) electrons. The Labute approximate surface area is 276 Å². The molecule has 0 spiro atoms. The maximum atomic E-state index is 13.7. The average molecular weight is 670 g/mol. The van der Waals surface area contributed by atoms with Gasteiger partial charge in [-0.2, -0.15) is 0 Å². The van der Waals surface area contributed by atoms with Crippen LogP contribution in [0.15, 0.2) is 4.99 Å². The van der Waals surface area contributed by atoms with Crippen LogP contribution in [0.4, 0.5) is 0 Å². The highest BCUT2D eigenvalue weighted by atomic mass is 16.3. The van der Waals surface area contributed by atoms with E-state index in [2.05, 4.69) is 26.3 Å². The number of amides is 5. The molecule has 1 aliphatic heterocycles. The predicted molar refractivity (Wildman–Crippen MR) is 174 cm³/mol. The van der Waals surface area contributed by atoms with Crippen LogP contribution in [-0.4, -0.2) is 118 Å². The van der Waals surface area contributed by atoms with E-state index >= 15 is 0 Å². The van der Waals surface area contributed by atoms with Crippen molar-refractivity contribution in [3.63, 3.8) is 0 Å². The summed E-state index contributed by atoms with van der Waals surface area (Å²) in [6.45, 7) is 10.1. The average Bonchev–Trinajstić information content (AvgIpc) is 3.50. The summed E-state index contributed by atoms with van der Waals surface area (Å²) in [5, 5.41) is 30.5. The lowest BCUT2D eigenvalue weighted by molar-refractivity contribution is -0.145. The van der Waals surface area contributed by atoms with Crippen molar-refractivity contribution in [3.05, 3.63) is 0 Å². The molecule has 17 nitrogen and oxygen atoms in total. The third-order valence-corrected chi connectivity index (χ3v) is 8.24. The molecule has 47 heavy (non-hydrogen) atoms. The number of hydrogen-bond acceptors (Lipinski definition) is 10. The number of aliphatic hydroxyl groups is 2. The van der Waals surface area contributed by atoms with Crippen molar-refractivity contribution < 1.29 is 39.0 Å². The Hall–Kier alpha value is -3.83. The number of likely N-dealkylation sites (tertiary alicyclic amines) is 1. The molecule has 5 amide bonds. The quantitative estimate of drug-likeness (QED) is 0.0288. The monoisotopic (exact) mass is 669 g/mol. The van der Waals surface area contributed by atoms with Crippen molar-refractivity contribution in [1.82, 2.24) is 26.2 Å². The minimum absolute atomic E-state index is 0.0652. The second kappa shape index (κ2) is 19.7. The molecular weight excluding hydrogens is 614 g/mol. The van der Waals surface area contributed by atoms with Crippen LogP contribution in [-0.2, 0) is 28.8 Å². The number of guanidine groups is 1. The zero-order valence-corrected chi connectivity index (χ0v) is 28.3. The summed E-state index contributed by atoms with van der Waals surface area (Å²) in [7, 11) is 0. The minimum atomic E-state index is -1.45. The van der Waals surface area contributed by atoms with Gasteiger partial charge in [0.2, 0.25) is 29.5 Å². The van der Waals surface area contributed by atoms with Crippen LogP contribution in [0.1, 0.15) is 73.6 Å². The SMILES string of the molecule is CC[C@H](C)[C@H](N)C(=O)N[C@H](C(=O)N[C@H](C(=O)N1CCC[C@H]1C(=O)N[C@@H](CCCN=C(N)N)C(=O)N[C@H](C=O)[C@@H](C)O)[C@@H](C)O)C(C)C. The standard InChI is InChI=1S/C30H55N9O8/c1-7-16(4)22(31)27(45)37-23(15(2)3)28(46)38-24(18(6)42)29(47)39-13-9-11-21(39)26(44)35-19(10-8-12-34-30(32)33)25(43)36-20(14-40)17(5)41/h14-24,41-42H,7-13,31H2,1-6H3,(H,35,44)(H,36,43)(H,37,45)(H,38,46)(H4,32,33,34)/t16-,17+,18+,19-,20+,21-,22-,23-,24-/m0/s1. The van der Waals surface area contributed by atoms with E-state index in [-0.39, 0.29) is 50.1 Å². The van der Waals surface area contributed by atoms with Gasteiger partial charge < -0.3 is 58.4 Å². The summed E-state index contributed by atoms with van der Waals surface area (Å²) in [5.41, 5.74) is 16.7. The molecule has 0 aliphatic carbocycles. The first-order chi connectivity index (χ1) is 22.0. The normalized spacial score (nSPS) is 19.6. The summed E-state index contributed by atoms with van der Waals surface area (Å²) in [6, 6.07) is -6.78. The Bertz CT molecular complexity index is 1110. The second-order valence-corrected chi connectivity index (χ2v) is 12.5. The van der Waals surface area contributed by atoms with Gasteiger partial charge in [0, 0.05) is 13.1 Å². The van der Waals surface area contributed by atoms with Gasteiger partial charge in [0.15, 0.2) is 5.96 Å². The highest BCUT2D eigenvalue weighted by Crippen LogP contribution is 2.20. The maximum absolute atomic E-state index is 13.7. The smallest absolute Gasteiger partial charge is 0.248 e. The zero-order chi connectivity index (χ0) is 36.0. The molecule has 268 valence electrons. The Morgan fingerprint density at radius 3 is 2.04 bits per heavy atom. The maximum Gasteiger partial charge on any atom is 0.248 e. The van der Waals surface area contributed by atoms with Gasteiger partial charge in [0.25, 0.3) is 0 Å². The molecule has 0 saturated carbocycles. The van der Waals surface area contributed by atoms with Gasteiger partial charge in [-0.3, -0.25) is 29.0 Å². The summed E-state index contributed by atoms with van der Waals surface area (Å²) >= 11 is 0. The van der Waals surface area contributed by atoms with Gasteiger partial charge in [-0.1, -0.05) is 34.1 Å². The predicted octanol–water partition coefficient (Wildman–Crippen LogP) is -3.04. The molecule has 0 unspecified atom stereocenters. The number of aldehydes is 1. The van der Waals surface area contributed by atoms with Crippen molar-refractivity contribution in [2.75, 3.05) is 13.1 Å². The van der Waals surface area contributed by atoms with E-state index in [1.807, 2.05) is 13.8 Å². The van der Waals surface area contributed by atoms with Gasteiger partial charge in [-0.05, 0) is 51.4 Å². The number of rotatable bonds is 19. The molecule has 1 fully saturated rings. The van der Waals surface area contributed by atoms with Gasteiger partial charge >= 0.3 is 0 Å². The lowest BCUT2D eigenvalue weighted by atomic mass is 9.97. The van der Waals surface area contributed by atoms with Crippen molar-refractivity contribution in [2.24, 2.45) is 34.0 Å². The lowest BCUT2D eigenvalue weighted by Gasteiger charge is -2.32. The molecule has 9 atom stereocenters. The van der Waals surface area contributed by atoms with E-state index in [0.717, 1.165) is 0 Å². The lowest BCUT2D eigenvalue weighted by Crippen LogP contribution is -2.62. The molecule has 0 aromatic rings. The molecule has 1 aliphatic rings. The summed E-state index contributed by atoms with van der Waals surface area (Å²) < 4.78 is 0. The number of carbonyl (C=O) groups excluding carboxylic acids is 6. The fourth-order valence-corrected chi connectivity index (χ4v) is 4.98. The molecular formula is C30H55N9O8. The number of carbonyl (C=O) groups is 6. The third-order valence-electron chi connectivity index (χ3n) is 8.24. The van der Waals surface area contributed by atoms with Crippen LogP contribution in [0.25, 0.3) is 0 Å². The summed E-state index contributed by atoms with van der Waals surface area (Å²) in [6.07, 6.45) is -0.519. The van der Waals surface area contributed by atoms with Crippen LogP contribution in [0, 0.1) is 11.8 Å². The second-order valence-electron chi connectivity index (χ2n) is 12.5. The molecule has 0 bridgehead atoms. The van der Waals surface area contributed by atoms with E-state index < -0.39 is 78.0 Å². The largest absolute Gasteiger partial charge is 0.391 e. The first-order valence-electron chi connectivity index (χ1n) is 16.1.